The lowest BCUT2D eigenvalue weighted by molar-refractivity contribution is 0.416. The number of hydrogen-bond donors (Lipinski definition) is 1. The predicted octanol–water partition coefficient (Wildman–Crippen LogP) is 1.56. The van der Waals surface area contributed by atoms with Gasteiger partial charge in [0.25, 0.3) is 0 Å². The second-order valence-corrected chi connectivity index (χ2v) is 3.31. The number of aryl methyl sites for hydroxylation is 1. The van der Waals surface area contributed by atoms with Crippen LogP contribution in [0.15, 0.2) is 24.5 Å². The monoisotopic (exact) mass is 218 g/mol. The van der Waals surface area contributed by atoms with Crippen LogP contribution in [-0.4, -0.2) is 21.9 Å². The van der Waals surface area contributed by atoms with Crippen molar-refractivity contribution in [1.29, 1.82) is 0 Å². The molecule has 0 aliphatic heterocycles. The smallest absolute Gasteiger partial charge is 0.164 e. The first-order valence-corrected chi connectivity index (χ1v) is 5.08. The zero-order chi connectivity index (χ0) is 11.5. The molecule has 0 bridgehead atoms. The topological polar surface area (TPSA) is 66.0 Å². The van der Waals surface area contributed by atoms with Crippen molar-refractivity contribution < 1.29 is 4.74 Å². The van der Waals surface area contributed by atoms with E-state index < -0.39 is 0 Å². The molecule has 0 aliphatic carbocycles. The lowest BCUT2D eigenvalue weighted by Crippen LogP contribution is -2.02. The molecule has 0 atom stereocenters. The molecule has 2 aromatic rings. The number of methoxy groups -OCH3 is 1. The summed E-state index contributed by atoms with van der Waals surface area (Å²) in [6, 6.07) is 3.76. The minimum Gasteiger partial charge on any atom is -0.493 e. The van der Waals surface area contributed by atoms with Crippen LogP contribution in [0.1, 0.15) is 6.92 Å². The SMILES string of the molecule is CCn1ncc(OC)c1-c1cccnc1N. The van der Waals surface area contributed by atoms with Gasteiger partial charge in [-0.05, 0) is 19.1 Å². The summed E-state index contributed by atoms with van der Waals surface area (Å²) >= 11 is 0. The number of aromatic nitrogens is 3. The van der Waals surface area contributed by atoms with E-state index in [1.165, 1.54) is 0 Å². The van der Waals surface area contributed by atoms with E-state index in [2.05, 4.69) is 10.1 Å². The molecule has 5 heteroatoms. The van der Waals surface area contributed by atoms with Crippen molar-refractivity contribution >= 4 is 5.82 Å². The van der Waals surface area contributed by atoms with E-state index in [1.54, 1.807) is 19.5 Å². The van der Waals surface area contributed by atoms with Gasteiger partial charge < -0.3 is 10.5 Å². The number of nitrogen functional groups attached to an aromatic ring is 1. The highest BCUT2D eigenvalue weighted by molar-refractivity contribution is 5.75. The second kappa shape index (κ2) is 4.22. The largest absolute Gasteiger partial charge is 0.493 e. The number of rotatable bonds is 3. The fraction of sp³-hybridized carbons (Fsp3) is 0.273. The molecule has 0 aliphatic rings. The maximum Gasteiger partial charge on any atom is 0.164 e. The predicted molar refractivity (Wildman–Crippen MR) is 62.1 cm³/mol. The van der Waals surface area contributed by atoms with E-state index in [0.29, 0.717) is 11.6 Å². The second-order valence-electron chi connectivity index (χ2n) is 3.31. The molecule has 84 valence electrons. The Bertz CT molecular complexity index is 471. The van der Waals surface area contributed by atoms with E-state index in [1.807, 2.05) is 23.7 Å². The van der Waals surface area contributed by atoms with Gasteiger partial charge in [0.15, 0.2) is 5.75 Å². The molecule has 0 saturated heterocycles. The Morgan fingerprint density at radius 2 is 2.31 bits per heavy atom. The van der Waals surface area contributed by atoms with Crippen LogP contribution in [0.3, 0.4) is 0 Å². The molecule has 2 rings (SSSR count). The highest BCUT2D eigenvalue weighted by Crippen LogP contribution is 2.32. The summed E-state index contributed by atoms with van der Waals surface area (Å²) in [6.07, 6.45) is 3.35. The van der Waals surface area contributed by atoms with Gasteiger partial charge in [-0.25, -0.2) is 4.98 Å². The van der Waals surface area contributed by atoms with E-state index in [4.69, 9.17) is 10.5 Å². The number of hydrogen-bond acceptors (Lipinski definition) is 4. The average Bonchev–Trinajstić information content (AvgIpc) is 2.72. The summed E-state index contributed by atoms with van der Waals surface area (Å²) in [5.74, 6) is 1.19. The molecule has 2 aromatic heterocycles. The van der Waals surface area contributed by atoms with Crippen molar-refractivity contribution in [3.8, 4) is 17.0 Å². The number of nitrogens with two attached hydrogens (primary N) is 1. The molecule has 2 heterocycles. The van der Waals surface area contributed by atoms with Gasteiger partial charge in [-0.2, -0.15) is 5.10 Å². The highest BCUT2D eigenvalue weighted by Gasteiger charge is 2.15. The molecule has 5 nitrogen and oxygen atoms in total. The van der Waals surface area contributed by atoms with Crippen LogP contribution in [0.2, 0.25) is 0 Å². The third-order valence-electron chi connectivity index (χ3n) is 2.42. The van der Waals surface area contributed by atoms with Crippen LogP contribution < -0.4 is 10.5 Å². The van der Waals surface area contributed by atoms with Crippen molar-refractivity contribution in [2.45, 2.75) is 13.5 Å². The number of pyridine rings is 1. The quantitative estimate of drug-likeness (QED) is 0.848. The summed E-state index contributed by atoms with van der Waals surface area (Å²) in [4.78, 5) is 4.07. The van der Waals surface area contributed by atoms with Crippen molar-refractivity contribution in [3.05, 3.63) is 24.5 Å². The van der Waals surface area contributed by atoms with Crippen LogP contribution in [0, 0.1) is 0 Å². The standard InChI is InChI=1S/C11H14N4O/c1-3-15-10(9(16-2)7-14-15)8-5-4-6-13-11(8)12/h4-7H,3H2,1-2H3,(H2,12,13). The molecule has 2 N–H and O–H groups in total. The zero-order valence-corrected chi connectivity index (χ0v) is 9.34. The first-order chi connectivity index (χ1) is 7.77. The molecule has 0 amide bonds. The van der Waals surface area contributed by atoms with Crippen LogP contribution in [0.4, 0.5) is 5.82 Å². The maximum absolute atomic E-state index is 5.85. The minimum atomic E-state index is 0.482. The Kier molecular flexibility index (Phi) is 2.76. The van der Waals surface area contributed by atoms with Gasteiger partial charge in [-0.3, -0.25) is 4.68 Å². The van der Waals surface area contributed by atoms with Crippen LogP contribution >= 0.6 is 0 Å². The summed E-state index contributed by atoms with van der Waals surface area (Å²) in [5.41, 5.74) is 7.57. The summed E-state index contributed by atoms with van der Waals surface area (Å²) in [5, 5.41) is 4.23. The highest BCUT2D eigenvalue weighted by atomic mass is 16.5. The van der Waals surface area contributed by atoms with Crippen molar-refractivity contribution in [3.63, 3.8) is 0 Å². The number of ether oxygens (including phenoxy) is 1. The Morgan fingerprint density at radius 3 is 2.94 bits per heavy atom. The van der Waals surface area contributed by atoms with Crippen LogP contribution in [0.5, 0.6) is 5.75 Å². The Morgan fingerprint density at radius 1 is 1.50 bits per heavy atom. The molecular formula is C11H14N4O. The zero-order valence-electron chi connectivity index (χ0n) is 9.34. The van der Waals surface area contributed by atoms with Gasteiger partial charge in [0.05, 0.1) is 13.3 Å². The molecule has 0 aromatic carbocycles. The van der Waals surface area contributed by atoms with Crippen LogP contribution in [0.25, 0.3) is 11.3 Å². The summed E-state index contributed by atoms with van der Waals surface area (Å²) < 4.78 is 7.11. The Hall–Kier alpha value is -2.04. The minimum absolute atomic E-state index is 0.482. The van der Waals surface area contributed by atoms with E-state index in [9.17, 15) is 0 Å². The lowest BCUT2D eigenvalue weighted by atomic mass is 10.2. The molecule has 0 radical (unpaired) electrons. The third-order valence-corrected chi connectivity index (χ3v) is 2.42. The Labute approximate surface area is 93.9 Å². The van der Waals surface area contributed by atoms with Crippen LogP contribution in [-0.2, 0) is 6.54 Å². The van der Waals surface area contributed by atoms with Gasteiger partial charge in [0.2, 0.25) is 0 Å². The van der Waals surface area contributed by atoms with E-state index >= 15 is 0 Å². The number of anilines is 1. The first-order valence-electron chi connectivity index (χ1n) is 5.08. The van der Waals surface area contributed by atoms with Gasteiger partial charge in [-0.1, -0.05) is 0 Å². The third kappa shape index (κ3) is 1.60. The van der Waals surface area contributed by atoms with Crippen molar-refractivity contribution in [1.82, 2.24) is 14.8 Å². The molecule has 0 unspecified atom stereocenters. The fourth-order valence-corrected chi connectivity index (χ4v) is 1.65. The fourth-order valence-electron chi connectivity index (χ4n) is 1.65. The first kappa shape index (κ1) is 10.5. The van der Waals surface area contributed by atoms with Gasteiger partial charge >= 0.3 is 0 Å². The maximum atomic E-state index is 5.85. The molecular weight excluding hydrogens is 204 g/mol. The average molecular weight is 218 g/mol. The summed E-state index contributed by atoms with van der Waals surface area (Å²) in [6.45, 7) is 2.77. The van der Waals surface area contributed by atoms with Gasteiger partial charge in [0, 0.05) is 18.3 Å². The van der Waals surface area contributed by atoms with Crippen molar-refractivity contribution in [2.75, 3.05) is 12.8 Å². The normalized spacial score (nSPS) is 10.4. The molecule has 0 saturated carbocycles. The summed E-state index contributed by atoms with van der Waals surface area (Å²) in [7, 11) is 1.62. The van der Waals surface area contributed by atoms with E-state index in [0.717, 1.165) is 17.8 Å². The Balaban J connectivity index is 2.62. The van der Waals surface area contributed by atoms with E-state index in [-0.39, 0.29) is 0 Å². The van der Waals surface area contributed by atoms with Gasteiger partial charge in [-0.15, -0.1) is 0 Å². The van der Waals surface area contributed by atoms with Gasteiger partial charge in [0.1, 0.15) is 11.5 Å². The molecule has 16 heavy (non-hydrogen) atoms. The lowest BCUT2D eigenvalue weighted by Gasteiger charge is -2.08. The number of nitrogens with zero attached hydrogens (tertiary/aromatic N) is 3. The molecule has 0 spiro atoms. The molecule has 0 fully saturated rings. The van der Waals surface area contributed by atoms with Crippen molar-refractivity contribution in [2.24, 2.45) is 0 Å².